The molecule has 0 aromatic carbocycles. The summed E-state index contributed by atoms with van der Waals surface area (Å²) < 4.78 is 0.686. The zero-order valence-electron chi connectivity index (χ0n) is 9.49. The Hall–Kier alpha value is -0.580. The number of thiophene rings is 1. The fourth-order valence-electron chi connectivity index (χ4n) is 2.82. The second-order valence-electron chi connectivity index (χ2n) is 4.75. The van der Waals surface area contributed by atoms with Gasteiger partial charge in [0.1, 0.15) is 0 Å². The van der Waals surface area contributed by atoms with Crippen LogP contribution in [0.3, 0.4) is 0 Å². The van der Waals surface area contributed by atoms with Gasteiger partial charge in [-0.3, -0.25) is 4.79 Å². The summed E-state index contributed by atoms with van der Waals surface area (Å²) in [5.41, 5.74) is 0. The summed E-state index contributed by atoms with van der Waals surface area (Å²) >= 11 is 7.24. The molecule has 2 saturated heterocycles. The molecule has 17 heavy (non-hydrogen) atoms. The van der Waals surface area contributed by atoms with Crippen LogP contribution in [-0.4, -0.2) is 36.5 Å². The molecule has 1 N–H and O–H groups in total. The van der Waals surface area contributed by atoms with E-state index in [0.717, 1.165) is 30.9 Å². The molecule has 0 radical (unpaired) electrons. The third kappa shape index (κ3) is 2.21. The molecule has 2 fully saturated rings. The molecule has 2 unspecified atom stereocenters. The average molecular weight is 271 g/mol. The molecule has 3 rings (SSSR count). The van der Waals surface area contributed by atoms with Crippen LogP contribution < -0.4 is 5.32 Å². The molecule has 0 spiro atoms. The van der Waals surface area contributed by atoms with Crippen LogP contribution in [0, 0.1) is 5.92 Å². The Morgan fingerprint density at radius 3 is 3.12 bits per heavy atom. The van der Waals surface area contributed by atoms with E-state index in [4.69, 9.17) is 11.6 Å². The largest absolute Gasteiger partial charge is 0.338 e. The molecule has 3 heterocycles. The van der Waals surface area contributed by atoms with Gasteiger partial charge in [-0.1, -0.05) is 11.6 Å². The monoisotopic (exact) mass is 270 g/mol. The van der Waals surface area contributed by atoms with E-state index in [2.05, 4.69) is 5.32 Å². The van der Waals surface area contributed by atoms with Crippen molar-refractivity contribution in [2.45, 2.75) is 18.9 Å². The first-order valence-corrected chi connectivity index (χ1v) is 7.21. The van der Waals surface area contributed by atoms with E-state index in [9.17, 15) is 4.79 Å². The smallest absolute Gasteiger partial charge is 0.263 e. The lowest BCUT2D eigenvalue weighted by molar-refractivity contribution is 0.0667. The van der Waals surface area contributed by atoms with E-state index in [0.29, 0.717) is 16.3 Å². The molecular formula is C12H15ClN2OS. The van der Waals surface area contributed by atoms with Crippen molar-refractivity contribution >= 4 is 28.8 Å². The zero-order valence-corrected chi connectivity index (χ0v) is 11.1. The number of nitrogens with one attached hydrogen (secondary N) is 1. The van der Waals surface area contributed by atoms with Crippen molar-refractivity contribution in [2.75, 3.05) is 19.6 Å². The van der Waals surface area contributed by atoms with Crippen LogP contribution in [0.15, 0.2) is 12.1 Å². The molecular weight excluding hydrogens is 256 g/mol. The van der Waals surface area contributed by atoms with Crippen LogP contribution in [0.2, 0.25) is 4.34 Å². The lowest BCUT2D eigenvalue weighted by Gasteiger charge is -2.34. The number of amides is 1. The van der Waals surface area contributed by atoms with Gasteiger partial charge < -0.3 is 10.2 Å². The van der Waals surface area contributed by atoms with E-state index in [1.54, 1.807) is 6.07 Å². The maximum Gasteiger partial charge on any atom is 0.263 e. The van der Waals surface area contributed by atoms with E-state index >= 15 is 0 Å². The number of hydrogen-bond acceptors (Lipinski definition) is 3. The van der Waals surface area contributed by atoms with Crippen molar-refractivity contribution in [1.29, 1.82) is 0 Å². The minimum absolute atomic E-state index is 0.146. The third-order valence-electron chi connectivity index (χ3n) is 3.73. The van der Waals surface area contributed by atoms with Gasteiger partial charge in [-0.05, 0) is 37.4 Å². The van der Waals surface area contributed by atoms with Gasteiger partial charge in [-0.25, -0.2) is 0 Å². The fraction of sp³-hybridized carbons (Fsp3) is 0.583. The van der Waals surface area contributed by atoms with Crippen LogP contribution in [0.25, 0.3) is 0 Å². The van der Waals surface area contributed by atoms with Crippen LogP contribution in [0.5, 0.6) is 0 Å². The van der Waals surface area contributed by atoms with E-state index < -0.39 is 0 Å². The number of fused-ring (bicyclic) bond motifs is 1. The SMILES string of the molecule is O=C(c1ccc(Cl)s1)N1CCC2NCCC2C1. The van der Waals surface area contributed by atoms with Gasteiger partial charge in [0.25, 0.3) is 5.91 Å². The zero-order chi connectivity index (χ0) is 11.8. The number of likely N-dealkylation sites (tertiary alicyclic amines) is 1. The third-order valence-corrected chi connectivity index (χ3v) is 4.95. The molecule has 0 aliphatic carbocycles. The number of rotatable bonds is 1. The number of carbonyl (C=O) groups is 1. The normalized spacial score (nSPS) is 28.2. The van der Waals surface area contributed by atoms with Crippen LogP contribution in [-0.2, 0) is 0 Å². The van der Waals surface area contributed by atoms with Gasteiger partial charge >= 0.3 is 0 Å². The van der Waals surface area contributed by atoms with Gasteiger partial charge in [0.15, 0.2) is 0 Å². The summed E-state index contributed by atoms with van der Waals surface area (Å²) in [6.07, 6.45) is 2.27. The van der Waals surface area contributed by atoms with Gasteiger partial charge in [0, 0.05) is 19.1 Å². The number of piperidine rings is 1. The van der Waals surface area contributed by atoms with Crippen molar-refractivity contribution in [3.05, 3.63) is 21.3 Å². The second kappa shape index (κ2) is 4.59. The molecule has 1 aromatic heterocycles. The lowest BCUT2D eigenvalue weighted by Crippen LogP contribution is -2.46. The van der Waals surface area contributed by atoms with Gasteiger partial charge in [0.05, 0.1) is 9.21 Å². The number of nitrogens with zero attached hydrogens (tertiary/aromatic N) is 1. The first kappa shape index (κ1) is 11.5. The van der Waals surface area contributed by atoms with Crippen molar-refractivity contribution in [3.8, 4) is 0 Å². The summed E-state index contributed by atoms with van der Waals surface area (Å²) in [5.74, 6) is 0.787. The molecule has 2 aliphatic heterocycles. The quantitative estimate of drug-likeness (QED) is 0.849. The minimum Gasteiger partial charge on any atom is -0.338 e. The molecule has 3 nitrogen and oxygen atoms in total. The van der Waals surface area contributed by atoms with E-state index in [1.807, 2.05) is 11.0 Å². The van der Waals surface area contributed by atoms with Gasteiger partial charge in [-0.15, -0.1) is 11.3 Å². The Bertz CT molecular complexity index is 434. The van der Waals surface area contributed by atoms with Crippen molar-refractivity contribution in [3.63, 3.8) is 0 Å². The highest BCUT2D eigenvalue weighted by atomic mass is 35.5. The lowest BCUT2D eigenvalue weighted by atomic mass is 9.93. The van der Waals surface area contributed by atoms with Crippen LogP contribution in [0.4, 0.5) is 0 Å². The molecule has 5 heteroatoms. The first-order valence-electron chi connectivity index (χ1n) is 6.02. The maximum absolute atomic E-state index is 12.3. The Morgan fingerprint density at radius 1 is 1.47 bits per heavy atom. The fourth-order valence-corrected chi connectivity index (χ4v) is 3.83. The Balaban J connectivity index is 1.70. The van der Waals surface area contributed by atoms with Crippen LogP contribution >= 0.6 is 22.9 Å². The molecule has 1 amide bonds. The maximum atomic E-state index is 12.3. The summed E-state index contributed by atoms with van der Waals surface area (Å²) in [6.45, 7) is 2.86. The number of halogens is 1. The molecule has 92 valence electrons. The van der Waals surface area contributed by atoms with Gasteiger partial charge in [-0.2, -0.15) is 0 Å². The Morgan fingerprint density at radius 2 is 2.35 bits per heavy atom. The predicted molar refractivity (Wildman–Crippen MR) is 69.7 cm³/mol. The summed E-state index contributed by atoms with van der Waals surface area (Å²) in [6, 6.07) is 4.25. The van der Waals surface area contributed by atoms with Crippen molar-refractivity contribution in [2.24, 2.45) is 5.92 Å². The molecule has 2 atom stereocenters. The predicted octanol–water partition coefficient (Wildman–Crippen LogP) is 2.23. The molecule has 0 bridgehead atoms. The summed E-state index contributed by atoms with van der Waals surface area (Å²) in [7, 11) is 0. The molecule has 2 aliphatic rings. The average Bonchev–Trinajstić information content (AvgIpc) is 2.95. The Labute approximate surface area is 110 Å². The Kier molecular flexibility index (Phi) is 3.11. The van der Waals surface area contributed by atoms with Crippen molar-refractivity contribution in [1.82, 2.24) is 10.2 Å². The minimum atomic E-state index is 0.146. The highest BCUT2D eigenvalue weighted by Crippen LogP contribution is 2.28. The topological polar surface area (TPSA) is 32.3 Å². The second-order valence-corrected chi connectivity index (χ2v) is 6.47. The summed E-state index contributed by atoms with van der Waals surface area (Å²) in [4.78, 5) is 15.0. The number of carbonyl (C=O) groups excluding carboxylic acids is 1. The standard InChI is InChI=1S/C12H15ClN2OS/c13-11-2-1-10(17-11)12(16)15-6-4-9-8(7-15)3-5-14-9/h1-2,8-9,14H,3-7H2. The molecule has 0 saturated carbocycles. The number of hydrogen-bond donors (Lipinski definition) is 1. The highest BCUT2D eigenvalue weighted by Gasteiger charge is 2.34. The molecule has 1 aromatic rings. The van der Waals surface area contributed by atoms with Gasteiger partial charge in [0.2, 0.25) is 0 Å². The first-order chi connectivity index (χ1) is 8.24. The van der Waals surface area contributed by atoms with E-state index in [1.165, 1.54) is 17.8 Å². The van der Waals surface area contributed by atoms with E-state index in [-0.39, 0.29) is 5.91 Å². The van der Waals surface area contributed by atoms with Crippen molar-refractivity contribution < 1.29 is 4.79 Å². The summed E-state index contributed by atoms with van der Waals surface area (Å²) in [5, 5.41) is 3.51. The van der Waals surface area contributed by atoms with Crippen LogP contribution in [0.1, 0.15) is 22.5 Å². The highest BCUT2D eigenvalue weighted by molar-refractivity contribution is 7.17.